The van der Waals surface area contributed by atoms with Gasteiger partial charge in [-0.25, -0.2) is 10.0 Å². The Morgan fingerprint density at radius 3 is 0.943 bits per heavy atom. The van der Waals surface area contributed by atoms with Crippen LogP contribution in [0.2, 0.25) is 0 Å². The zero-order valence-electron chi connectivity index (χ0n) is 41.6. The zero-order valence-corrected chi connectivity index (χ0v) is 41.6. The minimum atomic E-state index is -1.20. The van der Waals surface area contributed by atoms with Crippen molar-refractivity contribution >= 4 is 47.0 Å². The summed E-state index contributed by atoms with van der Waals surface area (Å²) in [7, 11) is 0. The molecule has 6 aromatic rings. The van der Waals surface area contributed by atoms with Gasteiger partial charge in [-0.1, -0.05) is 60.7 Å². The van der Waals surface area contributed by atoms with E-state index in [1.54, 1.807) is 10.0 Å². The first-order valence-electron chi connectivity index (χ1n) is 25.1. The fraction of sp³-hybridized carbons (Fsp3) is 0.310. The van der Waals surface area contributed by atoms with Crippen molar-refractivity contribution in [1.29, 1.82) is 0 Å². The molecule has 0 aliphatic carbocycles. The van der Waals surface area contributed by atoms with Crippen molar-refractivity contribution < 1.29 is 19.1 Å². The van der Waals surface area contributed by atoms with Gasteiger partial charge in [-0.2, -0.15) is 10.2 Å². The molecular weight excluding hydrogens is 873 g/mol. The molecule has 12 heteroatoms. The van der Waals surface area contributed by atoms with Gasteiger partial charge < -0.3 is 29.1 Å². The monoisotopic (exact) mass is 934 g/mol. The minimum Gasteiger partial charge on any atom is -0.456 e. The summed E-state index contributed by atoms with van der Waals surface area (Å²) in [6.45, 7) is 23.7. The molecule has 0 N–H and O–H groups in total. The molecule has 0 bridgehead atoms. The predicted octanol–water partition coefficient (Wildman–Crippen LogP) is 11.4. The van der Waals surface area contributed by atoms with Gasteiger partial charge in [-0.15, -0.1) is 0 Å². The lowest BCUT2D eigenvalue weighted by molar-refractivity contribution is 0.0664. The minimum absolute atomic E-state index is 0.263. The largest absolute Gasteiger partial charge is 0.456 e. The molecule has 4 aliphatic rings. The molecule has 10 rings (SSSR count). The zero-order chi connectivity index (χ0) is 48.9. The fourth-order valence-electron chi connectivity index (χ4n) is 11.5. The van der Waals surface area contributed by atoms with E-state index < -0.39 is 11.1 Å². The molecule has 0 fully saturated rings. The lowest BCUT2D eigenvalue weighted by Gasteiger charge is -2.42. The van der Waals surface area contributed by atoms with Gasteiger partial charge in [0.2, 0.25) is 0 Å². The highest BCUT2D eigenvalue weighted by Crippen LogP contribution is 2.60. The second-order valence-corrected chi connectivity index (χ2v) is 17.9. The van der Waals surface area contributed by atoms with Crippen LogP contribution in [0.5, 0.6) is 23.0 Å². The Labute approximate surface area is 412 Å². The second kappa shape index (κ2) is 18.4. The second-order valence-electron chi connectivity index (χ2n) is 17.9. The number of hydrogen-bond acceptors (Lipinski definition) is 10. The summed E-state index contributed by atoms with van der Waals surface area (Å²) in [6.07, 6.45) is 3.07. The molecule has 0 radical (unpaired) electrons. The van der Waals surface area contributed by atoms with Crippen molar-refractivity contribution in [3.05, 3.63) is 166 Å². The van der Waals surface area contributed by atoms with Gasteiger partial charge in [0.25, 0.3) is 11.8 Å². The number of benzene rings is 6. The van der Waals surface area contributed by atoms with E-state index in [1.807, 2.05) is 48.5 Å². The van der Waals surface area contributed by atoms with Crippen LogP contribution >= 0.6 is 0 Å². The Kier molecular flexibility index (Phi) is 12.1. The third-order valence-electron chi connectivity index (χ3n) is 14.9. The summed E-state index contributed by atoms with van der Waals surface area (Å²) in [4.78, 5) is 39.2. The normalized spacial score (nSPS) is 15.4. The summed E-state index contributed by atoms with van der Waals surface area (Å²) in [6, 6.07) is 40.6. The first-order valence-corrected chi connectivity index (χ1v) is 25.1. The first-order chi connectivity index (χ1) is 34.2. The lowest BCUT2D eigenvalue weighted by Crippen LogP contribution is -2.45. The van der Waals surface area contributed by atoms with Crippen LogP contribution in [0.1, 0.15) is 109 Å². The summed E-state index contributed by atoms with van der Waals surface area (Å²) < 4.78 is 13.8. The Morgan fingerprint density at radius 1 is 0.400 bits per heavy atom. The van der Waals surface area contributed by atoms with Crippen LogP contribution in [0.4, 0.5) is 22.7 Å². The van der Waals surface area contributed by atoms with Crippen LogP contribution in [-0.2, 0) is 11.1 Å². The number of anilines is 4. The highest BCUT2D eigenvalue weighted by Gasteiger charge is 2.59. The van der Waals surface area contributed by atoms with E-state index in [0.29, 0.717) is 34.1 Å². The molecule has 0 saturated carbocycles. The van der Waals surface area contributed by atoms with Crippen LogP contribution in [0.25, 0.3) is 0 Å². The van der Waals surface area contributed by atoms with Gasteiger partial charge in [-0.05, 0) is 91.8 Å². The highest BCUT2D eigenvalue weighted by atomic mass is 16.5. The molecule has 0 atom stereocenters. The molecule has 0 aromatic heterocycles. The van der Waals surface area contributed by atoms with Gasteiger partial charge in [-0.3, -0.25) is 9.59 Å². The average molecular weight is 935 g/mol. The Bertz CT molecular complexity index is 2730. The van der Waals surface area contributed by atoms with Gasteiger partial charge in [0.1, 0.15) is 34.1 Å². The van der Waals surface area contributed by atoms with Crippen molar-refractivity contribution in [1.82, 2.24) is 10.0 Å². The van der Waals surface area contributed by atoms with Crippen molar-refractivity contribution in [2.45, 2.75) is 66.5 Å². The Balaban J connectivity index is 1.14. The van der Waals surface area contributed by atoms with E-state index in [2.05, 4.69) is 148 Å². The van der Waals surface area contributed by atoms with Crippen molar-refractivity contribution in [3.8, 4) is 23.0 Å². The highest BCUT2D eigenvalue weighted by molar-refractivity contribution is 6.17. The fourth-order valence-corrected chi connectivity index (χ4v) is 11.5. The Morgan fingerprint density at radius 2 is 0.671 bits per heavy atom. The predicted molar refractivity (Wildman–Crippen MR) is 282 cm³/mol. The molecule has 0 saturated heterocycles. The smallest absolute Gasteiger partial charge is 0.275 e. The number of nitrogens with zero attached hydrogens (tertiary/aromatic N) is 8. The topological polar surface area (TPSA) is 96.8 Å². The maximum absolute atomic E-state index is 15.1. The molecule has 2 amide bonds. The molecule has 4 heterocycles. The lowest BCUT2D eigenvalue weighted by atomic mass is 9.75. The molecule has 70 heavy (non-hydrogen) atoms. The van der Waals surface area contributed by atoms with Crippen molar-refractivity contribution in [2.24, 2.45) is 10.2 Å². The third-order valence-corrected chi connectivity index (χ3v) is 14.9. The first kappa shape index (κ1) is 46.1. The number of fused-ring (bicyclic) bond motifs is 12. The quantitative estimate of drug-likeness (QED) is 0.0940. The average Bonchev–Trinajstić information content (AvgIpc) is 3.78. The molecule has 358 valence electrons. The third kappa shape index (κ3) is 6.77. The van der Waals surface area contributed by atoms with E-state index in [-0.39, 0.29) is 11.8 Å². The van der Waals surface area contributed by atoms with Crippen LogP contribution in [0.15, 0.2) is 132 Å². The van der Waals surface area contributed by atoms with Gasteiger partial charge in [0, 0.05) is 144 Å². The summed E-state index contributed by atoms with van der Waals surface area (Å²) in [5.74, 6) is 2.08. The number of hydrazone groups is 2. The van der Waals surface area contributed by atoms with Crippen LogP contribution in [0, 0.1) is 0 Å². The van der Waals surface area contributed by atoms with Crippen LogP contribution in [0.3, 0.4) is 0 Å². The van der Waals surface area contributed by atoms with Gasteiger partial charge >= 0.3 is 0 Å². The molecule has 4 aliphatic heterocycles. The van der Waals surface area contributed by atoms with E-state index in [0.717, 1.165) is 108 Å². The summed E-state index contributed by atoms with van der Waals surface area (Å²) >= 11 is 0. The molecular formula is C58H62N8O4. The Hall–Kier alpha value is -7.60. The van der Waals surface area contributed by atoms with E-state index in [1.165, 1.54) is 12.4 Å². The van der Waals surface area contributed by atoms with E-state index in [4.69, 9.17) is 19.7 Å². The van der Waals surface area contributed by atoms with Gasteiger partial charge in [0.15, 0.2) is 0 Å². The number of carbonyl (C=O) groups excluding carboxylic acids is 2. The summed E-state index contributed by atoms with van der Waals surface area (Å²) in [5.41, 5.74) is 7.59. The summed E-state index contributed by atoms with van der Waals surface area (Å²) in [5, 5.41) is 13.3. The molecule has 12 nitrogen and oxygen atoms in total. The number of ether oxygens (including phenoxy) is 2. The van der Waals surface area contributed by atoms with E-state index >= 15 is 9.59 Å². The molecule has 0 unspecified atom stereocenters. The number of hydrogen-bond donors (Lipinski definition) is 0. The number of amides is 2. The SMILES string of the molecule is CCN(CC)c1ccc2c(c1)Oc1cc(N(CC)CC)ccc1C21c2ccccc2C(=O)N1/N=C/C=N/N1C(=O)c2ccccc2C12c1ccc(N(CC)CC)cc1Oc1cc(N(CC)CC)ccc12. The number of rotatable bonds is 15. The molecule has 6 aromatic carbocycles. The molecule has 2 spiro atoms. The van der Waals surface area contributed by atoms with Crippen LogP contribution < -0.4 is 29.1 Å². The maximum Gasteiger partial charge on any atom is 0.275 e. The van der Waals surface area contributed by atoms with Gasteiger partial charge in [0.05, 0.1) is 12.4 Å². The van der Waals surface area contributed by atoms with Crippen molar-refractivity contribution in [3.63, 3.8) is 0 Å². The standard InChI is InChI=1S/C58H62N8O4/c1-9-61(10-2)39-25-29-47-51(35-39)69-52-36-40(62(11-3)12-4)26-30-48(52)57(47)45-23-19-17-21-43(45)55(67)65(57)59-33-34-60-66-56(68)44-22-18-20-24-46(44)58(66)49-31-27-41(63(13-5)14-6)37-53(49)70-54-38-42(28-32-50(54)58)64(15-7)16-8/h17-38H,9-16H2,1-8H3/b59-33+,60-34+. The van der Waals surface area contributed by atoms with E-state index in [9.17, 15) is 0 Å². The number of carbonyl (C=O) groups is 2. The van der Waals surface area contributed by atoms with Crippen molar-refractivity contribution in [2.75, 3.05) is 72.0 Å². The maximum atomic E-state index is 15.1. The van der Waals surface area contributed by atoms with Crippen LogP contribution in [-0.4, -0.2) is 86.6 Å².